The van der Waals surface area contributed by atoms with Crippen molar-refractivity contribution < 1.29 is 9.53 Å². The van der Waals surface area contributed by atoms with Crippen molar-refractivity contribution in [2.45, 2.75) is 20.4 Å². The highest BCUT2D eigenvalue weighted by molar-refractivity contribution is 7.11. The molecule has 102 valence electrons. The minimum absolute atomic E-state index is 0.344. The first-order valence-electron chi connectivity index (χ1n) is 5.96. The van der Waals surface area contributed by atoms with E-state index >= 15 is 0 Å². The van der Waals surface area contributed by atoms with Gasteiger partial charge in [-0.2, -0.15) is 0 Å². The summed E-state index contributed by atoms with van der Waals surface area (Å²) < 4.78 is 5.32. The first-order chi connectivity index (χ1) is 8.71. The fraction of sp³-hybridized carbons (Fsp3) is 0.636. The second kappa shape index (κ2) is 8.15. The van der Waals surface area contributed by atoms with E-state index in [1.807, 2.05) is 12.3 Å². The van der Waals surface area contributed by atoms with Crippen LogP contribution < -0.4 is 11.3 Å². The predicted molar refractivity (Wildman–Crippen MR) is 71.2 cm³/mol. The van der Waals surface area contributed by atoms with Crippen molar-refractivity contribution in [3.8, 4) is 0 Å². The molecule has 1 amide bonds. The van der Waals surface area contributed by atoms with Crippen LogP contribution in [0.15, 0.2) is 5.38 Å². The lowest BCUT2D eigenvalue weighted by Gasteiger charge is -2.18. The fourth-order valence-corrected chi connectivity index (χ4v) is 2.17. The molecule has 1 rings (SSSR count). The lowest BCUT2D eigenvalue weighted by atomic mass is 10.4. The maximum atomic E-state index is 11.3. The van der Waals surface area contributed by atoms with Gasteiger partial charge >= 0.3 is 0 Å². The predicted octanol–water partition coefficient (Wildman–Crippen LogP) is 0.605. The molecular weight excluding hydrogens is 252 g/mol. The summed E-state index contributed by atoms with van der Waals surface area (Å²) in [4.78, 5) is 17.7. The minimum atomic E-state index is -0.344. The van der Waals surface area contributed by atoms with Crippen LogP contribution in [-0.4, -0.2) is 42.1 Å². The number of carbonyl (C=O) groups is 1. The molecule has 18 heavy (non-hydrogen) atoms. The molecular formula is C11H20N4O2S. The molecule has 0 radical (unpaired) electrons. The van der Waals surface area contributed by atoms with Gasteiger partial charge in [0.1, 0.15) is 0 Å². The second-order valence-electron chi connectivity index (χ2n) is 3.68. The summed E-state index contributed by atoms with van der Waals surface area (Å²) in [6.07, 6.45) is 0. The first kappa shape index (κ1) is 15.0. The van der Waals surface area contributed by atoms with Gasteiger partial charge in [0.05, 0.1) is 12.3 Å². The summed E-state index contributed by atoms with van der Waals surface area (Å²) >= 11 is 1.30. The van der Waals surface area contributed by atoms with Crippen LogP contribution in [0.25, 0.3) is 0 Å². The Labute approximate surface area is 111 Å². The number of amides is 1. The smallest absolute Gasteiger partial charge is 0.294 e. The topological polar surface area (TPSA) is 80.5 Å². The zero-order valence-electron chi connectivity index (χ0n) is 10.8. The van der Waals surface area contributed by atoms with Gasteiger partial charge in [0.2, 0.25) is 0 Å². The van der Waals surface area contributed by atoms with E-state index in [1.54, 1.807) is 0 Å². The van der Waals surface area contributed by atoms with E-state index in [0.717, 1.165) is 31.9 Å². The number of nitrogen functional groups attached to an aromatic ring is 1. The molecule has 1 aromatic rings. The monoisotopic (exact) mass is 272 g/mol. The molecule has 0 atom stereocenters. The molecule has 0 aliphatic heterocycles. The van der Waals surface area contributed by atoms with Crippen molar-refractivity contribution in [3.05, 3.63) is 16.1 Å². The molecule has 0 aromatic carbocycles. The molecule has 0 spiro atoms. The van der Waals surface area contributed by atoms with Crippen LogP contribution in [0.5, 0.6) is 0 Å². The highest BCUT2D eigenvalue weighted by Crippen LogP contribution is 2.11. The van der Waals surface area contributed by atoms with Gasteiger partial charge in [-0.25, -0.2) is 10.8 Å². The average molecular weight is 272 g/mol. The van der Waals surface area contributed by atoms with Crippen LogP contribution in [0.3, 0.4) is 0 Å². The first-order valence-corrected chi connectivity index (χ1v) is 6.84. The largest absolute Gasteiger partial charge is 0.380 e. The van der Waals surface area contributed by atoms with Gasteiger partial charge in [0, 0.05) is 25.1 Å². The Hall–Kier alpha value is -1.02. The van der Waals surface area contributed by atoms with Gasteiger partial charge < -0.3 is 4.74 Å². The van der Waals surface area contributed by atoms with Crippen molar-refractivity contribution in [1.82, 2.24) is 15.3 Å². The van der Waals surface area contributed by atoms with Gasteiger partial charge in [-0.05, 0) is 13.5 Å². The Morgan fingerprint density at radius 1 is 1.61 bits per heavy atom. The molecule has 0 aliphatic carbocycles. The van der Waals surface area contributed by atoms with E-state index in [0.29, 0.717) is 11.6 Å². The Morgan fingerprint density at radius 2 is 2.39 bits per heavy atom. The molecule has 0 bridgehead atoms. The number of nitrogens with one attached hydrogen (secondary N) is 1. The zero-order valence-corrected chi connectivity index (χ0v) is 11.6. The van der Waals surface area contributed by atoms with E-state index in [9.17, 15) is 4.79 Å². The van der Waals surface area contributed by atoms with Crippen molar-refractivity contribution >= 4 is 17.2 Å². The number of nitrogens with zero attached hydrogens (tertiary/aromatic N) is 2. The van der Waals surface area contributed by atoms with Gasteiger partial charge in [-0.3, -0.25) is 15.1 Å². The number of hydrogen-bond donors (Lipinski definition) is 2. The average Bonchev–Trinajstić information content (AvgIpc) is 2.85. The number of hydrogen-bond acceptors (Lipinski definition) is 6. The van der Waals surface area contributed by atoms with Crippen molar-refractivity contribution in [3.63, 3.8) is 0 Å². The third-order valence-corrected chi connectivity index (χ3v) is 3.36. The number of ether oxygens (including phenoxy) is 1. The highest BCUT2D eigenvalue weighted by atomic mass is 32.1. The molecule has 6 nitrogen and oxygen atoms in total. The van der Waals surface area contributed by atoms with Gasteiger partial charge in [-0.1, -0.05) is 6.92 Å². The van der Waals surface area contributed by atoms with Crippen molar-refractivity contribution in [2.24, 2.45) is 5.84 Å². The molecule has 0 unspecified atom stereocenters. The number of aromatic nitrogens is 1. The van der Waals surface area contributed by atoms with Crippen molar-refractivity contribution in [2.75, 3.05) is 26.3 Å². The van der Waals surface area contributed by atoms with Crippen LogP contribution in [0.4, 0.5) is 0 Å². The Kier molecular flexibility index (Phi) is 6.81. The maximum Gasteiger partial charge on any atom is 0.294 e. The van der Waals surface area contributed by atoms with Crippen LogP contribution in [0, 0.1) is 0 Å². The SMILES string of the molecule is CCOCCN(CC)Cc1csc(C(=O)NN)n1. The second-order valence-corrected chi connectivity index (χ2v) is 4.54. The molecule has 1 aromatic heterocycles. The van der Waals surface area contributed by atoms with E-state index in [-0.39, 0.29) is 5.91 Å². The fourth-order valence-electron chi connectivity index (χ4n) is 1.46. The third-order valence-electron chi connectivity index (χ3n) is 2.47. The number of hydrazine groups is 1. The number of carbonyl (C=O) groups excluding carboxylic acids is 1. The van der Waals surface area contributed by atoms with Crippen LogP contribution in [-0.2, 0) is 11.3 Å². The lowest BCUT2D eigenvalue weighted by molar-refractivity contribution is 0.0952. The summed E-state index contributed by atoms with van der Waals surface area (Å²) in [5.41, 5.74) is 2.97. The van der Waals surface area contributed by atoms with E-state index < -0.39 is 0 Å². The van der Waals surface area contributed by atoms with E-state index in [2.05, 4.69) is 22.2 Å². The Bertz CT molecular complexity index is 370. The summed E-state index contributed by atoms with van der Waals surface area (Å²) in [7, 11) is 0. The zero-order chi connectivity index (χ0) is 13.4. The molecule has 3 N–H and O–H groups in total. The number of rotatable bonds is 8. The lowest BCUT2D eigenvalue weighted by Crippen LogP contribution is -2.30. The van der Waals surface area contributed by atoms with Gasteiger partial charge in [-0.15, -0.1) is 11.3 Å². The summed E-state index contributed by atoms with van der Waals surface area (Å²) in [6.45, 7) is 8.02. The molecule has 0 saturated carbocycles. The number of thiazole rings is 1. The Morgan fingerprint density at radius 3 is 3.00 bits per heavy atom. The number of nitrogens with two attached hydrogens (primary N) is 1. The molecule has 0 fully saturated rings. The standard InChI is InChI=1S/C11H20N4O2S/c1-3-15(5-6-17-4-2)7-9-8-18-11(13-9)10(16)14-12/h8H,3-7,12H2,1-2H3,(H,14,16). The minimum Gasteiger partial charge on any atom is -0.380 e. The van der Waals surface area contributed by atoms with Crippen LogP contribution in [0.1, 0.15) is 29.3 Å². The summed E-state index contributed by atoms with van der Waals surface area (Å²) in [5.74, 6) is 4.72. The quantitative estimate of drug-likeness (QED) is 0.313. The molecule has 1 heterocycles. The van der Waals surface area contributed by atoms with Gasteiger partial charge in [0.15, 0.2) is 5.01 Å². The normalized spacial score (nSPS) is 10.9. The van der Waals surface area contributed by atoms with Gasteiger partial charge in [0.25, 0.3) is 5.91 Å². The summed E-state index contributed by atoms with van der Waals surface area (Å²) in [5, 5.41) is 2.28. The Balaban J connectivity index is 2.48. The van der Waals surface area contributed by atoms with Crippen molar-refractivity contribution in [1.29, 1.82) is 0 Å². The van der Waals surface area contributed by atoms with E-state index in [4.69, 9.17) is 10.6 Å². The number of likely N-dealkylation sites (N-methyl/N-ethyl adjacent to an activating group) is 1. The highest BCUT2D eigenvalue weighted by Gasteiger charge is 2.11. The van der Waals surface area contributed by atoms with Crippen LogP contribution in [0.2, 0.25) is 0 Å². The maximum absolute atomic E-state index is 11.3. The molecule has 0 aliphatic rings. The van der Waals surface area contributed by atoms with Crippen LogP contribution >= 0.6 is 11.3 Å². The third kappa shape index (κ3) is 4.69. The molecule has 7 heteroatoms. The van der Waals surface area contributed by atoms with E-state index in [1.165, 1.54) is 11.3 Å². The molecule has 0 saturated heterocycles. The summed E-state index contributed by atoms with van der Waals surface area (Å²) in [6, 6.07) is 0.